The molecule has 0 heterocycles. The Labute approximate surface area is 153 Å². The van der Waals surface area contributed by atoms with E-state index in [1.165, 1.54) is 12.8 Å². The fourth-order valence-electron chi connectivity index (χ4n) is 1.24. The minimum Gasteiger partial charge on any atom is -0.358 e. The van der Waals surface area contributed by atoms with Gasteiger partial charge in [-0.15, -0.1) is 0 Å². The van der Waals surface area contributed by atoms with Gasteiger partial charge in [0, 0.05) is 11.1 Å². The molecule has 0 atom stereocenters. The summed E-state index contributed by atoms with van der Waals surface area (Å²) >= 11 is 0. The van der Waals surface area contributed by atoms with E-state index in [2.05, 4.69) is 33.9 Å². The summed E-state index contributed by atoms with van der Waals surface area (Å²) in [4.78, 5) is 0. The van der Waals surface area contributed by atoms with Gasteiger partial charge < -0.3 is 14.4 Å². The summed E-state index contributed by atoms with van der Waals surface area (Å²) in [6.45, 7) is 15.7. The van der Waals surface area contributed by atoms with Gasteiger partial charge in [-0.1, -0.05) is 101 Å². The Morgan fingerprint density at radius 3 is 1.08 bits per heavy atom. The van der Waals surface area contributed by atoms with E-state index in [0.29, 0.717) is 11.1 Å². The van der Waals surface area contributed by atoms with Crippen molar-refractivity contribution in [3.05, 3.63) is 99.3 Å². The van der Waals surface area contributed by atoms with Crippen LogP contribution < -0.4 is 0 Å². The van der Waals surface area contributed by atoms with E-state index < -0.39 is 0 Å². The Hall–Kier alpha value is -3.22. The maximum absolute atomic E-state index is 12.2. The molecule has 0 nitrogen and oxygen atoms in total. The largest absolute Gasteiger partial charge is 0.358 e. The van der Waals surface area contributed by atoms with Gasteiger partial charge in [0.15, 0.2) is 0 Å². The van der Waals surface area contributed by atoms with Crippen molar-refractivity contribution in [2.45, 2.75) is 33.6 Å². The minimum atomic E-state index is -0.379. The summed E-state index contributed by atoms with van der Waals surface area (Å²) in [6, 6.07) is 17.5. The van der Waals surface area contributed by atoms with Gasteiger partial charge in [0.25, 0.3) is 0 Å². The first-order valence-corrected chi connectivity index (χ1v) is 8.03. The number of hydrogen-bond acceptors (Lipinski definition) is 0. The molecule has 0 N–H and O–H groups in total. The van der Waals surface area contributed by atoms with Crippen LogP contribution in [0.5, 0.6) is 0 Å². The molecular weight excluding hydrogens is 581 g/mol. The maximum atomic E-state index is 12.2. The fraction of sp³-hybridized carbons (Fsp3) is 0.217. The van der Waals surface area contributed by atoms with E-state index >= 15 is 0 Å². The van der Waals surface area contributed by atoms with Crippen LogP contribution in [0, 0.1) is 14.4 Å². The van der Waals surface area contributed by atoms with Crippen molar-refractivity contribution in [3.8, 4) is 0 Å². The molecule has 0 aliphatic carbocycles. The predicted octanol–water partition coefficient (Wildman–Crippen LogP) is 8.35. The van der Waals surface area contributed by atoms with Crippen molar-refractivity contribution in [2.24, 2.45) is 0 Å². The second kappa shape index (κ2) is 21.8. The molecule has 2 rings (SSSR count). The molecule has 0 saturated heterocycles. The van der Waals surface area contributed by atoms with E-state index in [9.17, 15) is 8.78 Å². The molecule has 0 fully saturated rings. The summed E-state index contributed by atoms with van der Waals surface area (Å²) in [7, 11) is 0. The topological polar surface area (TPSA) is 0 Å². The predicted molar refractivity (Wildman–Crippen MR) is 111 cm³/mol. The van der Waals surface area contributed by atoms with Crippen LogP contribution >= 0.6 is 0 Å². The summed E-state index contributed by atoms with van der Waals surface area (Å²) < 4.78 is 24.5. The van der Waals surface area contributed by atoms with Crippen molar-refractivity contribution in [1.29, 1.82) is 0 Å². The van der Waals surface area contributed by atoms with Crippen molar-refractivity contribution in [1.82, 2.24) is 0 Å². The number of rotatable bonds is 3. The molecule has 3 heteroatoms. The smallest absolute Gasteiger partial charge is 0.123 e. The zero-order valence-corrected chi connectivity index (χ0v) is 23.2. The van der Waals surface area contributed by atoms with Gasteiger partial charge in [0.1, 0.15) is 11.7 Å². The average molecular weight is 614 g/mol. The van der Waals surface area contributed by atoms with Gasteiger partial charge in [0.05, 0.1) is 0 Å². The van der Waals surface area contributed by atoms with E-state index in [0.717, 1.165) is 0 Å². The third-order valence-corrected chi connectivity index (χ3v) is 2.67. The van der Waals surface area contributed by atoms with Crippen molar-refractivity contribution < 1.29 is 8.78 Å². The SMILES string of the molecule is C=C(F)c1ccccc1.C=C(F)c1ccccc1.CCCC.[CH2-]C.[CH3-].[Rf]. The van der Waals surface area contributed by atoms with Crippen LogP contribution in [0.4, 0.5) is 8.78 Å². The fourth-order valence-corrected chi connectivity index (χ4v) is 1.24. The molecule has 2 aromatic rings. The Morgan fingerprint density at radius 1 is 0.731 bits per heavy atom. The maximum Gasteiger partial charge on any atom is 0.123 e. The molecule has 0 saturated carbocycles. The molecule has 0 unspecified atom stereocenters. The average Bonchev–Trinajstić information content (AvgIpc) is 2.65. The van der Waals surface area contributed by atoms with E-state index in [1.54, 1.807) is 55.5 Å². The van der Waals surface area contributed by atoms with Crippen LogP contribution in [-0.4, -0.2) is 0 Å². The second-order valence-corrected chi connectivity index (χ2v) is 4.54. The molecule has 0 aliphatic heterocycles. The molecule has 2 aromatic carbocycles. The van der Waals surface area contributed by atoms with Crippen LogP contribution in [0.2, 0.25) is 0 Å². The van der Waals surface area contributed by atoms with Gasteiger partial charge in [-0.25, -0.2) is 8.78 Å². The van der Waals surface area contributed by atoms with Crippen LogP contribution in [0.15, 0.2) is 73.8 Å². The number of unbranched alkanes of at least 4 members (excludes halogenated alkanes) is 1. The standard InChI is InChI=1S/2C8H7F.C4H10.C2H5.CH3.Rf/c2*1-7(9)8-5-3-2-4-6-8;1-3-4-2;1-2;;/h2*2-6H,1H2;3-4H2,1-2H3;1H2,2H3;1H3;/q;;;2*-1;. The summed E-state index contributed by atoms with van der Waals surface area (Å²) in [5, 5.41) is 0. The molecule has 0 aliphatic rings. The van der Waals surface area contributed by atoms with Crippen LogP contribution in [0.25, 0.3) is 11.7 Å². The summed E-state index contributed by atoms with van der Waals surface area (Å²) in [5.41, 5.74) is 1.11. The Balaban J connectivity index is -0.000000136. The first-order chi connectivity index (χ1) is 11.5. The van der Waals surface area contributed by atoms with Gasteiger partial charge >= 0.3 is 0 Å². The second-order valence-electron chi connectivity index (χ2n) is 4.54. The monoisotopic (exact) mass is 613 g/mol. The number of benzene rings is 2. The third kappa shape index (κ3) is 17.1. The molecule has 0 spiro atoms. The zero-order chi connectivity index (χ0) is 18.8. The molecular formula is C23H32F2Rf-2. The quantitative estimate of drug-likeness (QED) is 0.306. The van der Waals surface area contributed by atoms with Crippen molar-refractivity contribution in [3.63, 3.8) is 0 Å². The third-order valence-electron chi connectivity index (χ3n) is 2.67. The zero-order valence-electron chi connectivity index (χ0n) is 16.8. The first kappa shape index (κ1) is 30.6. The van der Waals surface area contributed by atoms with E-state index in [-0.39, 0.29) is 19.1 Å². The molecule has 0 aromatic heterocycles. The number of hydrogen-bond donors (Lipinski definition) is 0. The Kier molecular flexibility index (Phi) is 25.7. The van der Waals surface area contributed by atoms with Crippen molar-refractivity contribution >= 4 is 11.7 Å². The minimum absolute atomic E-state index is 0. The van der Waals surface area contributed by atoms with E-state index in [4.69, 9.17) is 0 Å². The van der Waals surface area contributed by atoms with Gasteiger partial charge in [-0.05, 0) is 0 Å². The first-order valence-electron chi connectivity index (χ1n) is 8.03. The van der Waals surface area contributed by atoms with Crippen LogP contribution in [0.1, 0.15) is 44.7 Å². The molecule has 0 radical (unpaired) electrons. The van der Waals surface area contributed by atoms with Crippen LogP contribution in [-0.2, 0) is 0 Å². The van der Waals surface area contributed by atoms with Gasteiger partial charge in [0.2, 0.25) is 0 Å². The van der Waals surface area contributed by atoms with Crippen molar-refractivity contribution in [2.75, 3.05) is 0 Å². The van der Waals surface area contributed by atoms with Crippen LogP contribution in [0.3, 0.4) is 0 Å². The normalized spacial score (nSPS) is 7.62. The Morgan fingerprint density at radius 2 is 0.962 bits per heavy atom. The number of halogens is 2. The summed E-state index contributed by atoms with van der Waals surface area (Å²) in [5.74, 6) is -0.758. The van der Waals surface area contributed by atoms with Gasteiger partial charge in [-0.3, -0.25) is 0 Å². The molecule has 0 bridgehead atoms. The Bertz CT molecular complexity index is 485. The summed E-state index contributed by atoms with van der Waals surface area (Å²) in [6.07, 6.45) is 2.64. The van der Waals surface area contributed by atoms with Gasteiger partial charge in [-0.2, -0.15) is 6.92 Å². The molecule has 142 valence electrons. The molecule has 0 amide bonds. The molecule has 26 heavy (non-hydrogen) atoms. The van der Waals surface area contributed by atoms with E-state index in [1.807, 2.05) is 12.1 Å².